The predicted octanol–water partition coefficient (Wildman–Crippen LogP) is 5.38. The van der Waals surface area contributed by atoms with Crippen LogP contribution in [0.1, 0.15) is 21.6 Å². The molecule has 0 atom stereocenters. The van der Waals surface area contributed by atoms with E-state index in [0.29, 0.717) is 48.5 Å². The van der Waals surface area contributed by atoms with Gasteiger partial charge in [0.25, 0.3) is 5.91 Å². The smallest absolute Gasteiger partial charge is 0.255 e. The second-order valence-corrected chi connectivity index (χ2v) is 9.13. The van der Waals surface area contributed by atoms with Crippen LogP contribution >= 0.6 is 23.2 Å². The van der Waals surface area contributed by atoms with E-state index in [4.69, 9.17) is 33.0 Å². The highest BCUT2D eigenvalue weighted by Crippen LogP contribution is 2.35. The number of nitrogens with one attached hydrogen (secondary N) is 1. The van der Waals surface area contributed by atoms with Gasteiger partial charge < -0.3 is 15.0 Å². The lowest BCUT2D eigenvalue weighted by Crippen LogP contribution is -2.39. The molecule has 1 aliphatic heterocycles. The van der Waals surface area contributed by atoms with E-state index >= 15 is 0 Å². The summed E-state index contributed by atoms with van der Waals surface area (Å²) in [5, 5.41) is 9.03. The molecule has 34 heavy (non-hydrogen) atoms. The maximum atomic E-state index is 13.3. The number of pyridine rings is 1. The highest BCUT2D eigenvalue weighted by Gasteiger charge is 2.25. The Kier molecular flexibility index (Phi) is 6.46. The Labute approximate surface area is 208 Å². The Morgan fingerprint density at radius 3 is 2.44 bits per heavy atom. The molecule has 174 valence electrons. The molecule has 0 bridgehead atoms. The first-order valence-electron chi connectivity index (χ1n) is 11.1. The summed E-state index contributed by atoms with van der Waals surface area (Å²) in [6.07, 6.45) is 0. The van der Waals surface area contributed by atoms with Crippen molar-refractivity contribution in [3.8, 4) is 11.1 Å². The van der Waals surface area contributed by atoms with Gasteiger partial charge in [-0.2, -0.15) is 5.10 Å². The lowest BCUT2D eigenvalue weighted by Gasteiger charge is -2.30. The number of morpholine rings is 1. The maximum absolute atomic E-state index is 13.3. The molecular weight excluding hydrogens is 471 g/mol. The van der Waals surface area contributed by atoms with Gasteiger partial charge in [-0.15, -0.1) is 0 Å². The van der Waals surface area contributed by atoms with E-state index in [0.717, 1.165) is 33.7 Å². The highest BCUT2D eigenvalue weighted by atomic mass is 35.5. The molecule has 0 spiro atoms. The first-order valence-corrected chi connectivity index (χ1v) is 11.9. The van der Waals surface area contributed by atoms with Gasteiger partial charge in [-0.3, -0.25) is 4.79 Å². The van der Waals surface area contributed by atoms with E-state index in [2.05, 4.69) is 10.2 Å². The number of amides is 1. The summed E-state index contributed by atoms with van der Waals surface area (Å²) in [5.74, 6) is 0.613. The van der Waals surface area contributed by atoms with Gasteiger partial charge in [0.2, 0.25) is 0 Å². The average Bonchev–Trinajstić information content (AvgIpc) is 3.18. The third-order valence-corrected chi connectivity index (χ3v) is 6.38. The molecule has 0 saturated carbocycles. The van der Waals surface area contributed by atoms with Gasteiger partial charge in [-0.25, -0.2) is 4.52 Å². The van der Waals surface area contributed by atoms with Crippen LogP contribution in [0.25, 0.3) is 16.6 Å². The summed E-state index contributed by atoms with van der Waals surface area (Å²) in [4.78, 5) is 15.5. The third kappa shape index (κ3) is 4.49. The van der Waals surface area contributed by atoms with Gasteiger partial charge in [0, 0.05) is 35.2 Å². The molecule has 2 aromatic heterocycles. The molecule has 0 radical (unpaired) electrons. The molecule has 0 aliphatic carbocycles. The molecule has 0 unspecified atom stereocenters. The van der Waals surface area contributed by atoms with E-state index in [-0.39, 0.29) is 5.91 Å². The molecule has 1 amide bonds. The van der Waals surface area contributed by atoms with E-state index in [9.17, 15) is 4.79 Å². The minimum atomic E-state index is -0.146. The van der Waals surface area contributed by atoms with Crippen molar-refractivity contribution >= 4 is 40.4 Å². The van der Waals surface area contributed by atoms with Gasteiger partial charge in [0.15, 0.2) is 0 Å². The second kappa shape index (κ2) is 9.66. The molecule has 2 aromatic carbocycles. The third-order valence-electron chi connectivity index (χ3n) is 5.95. The first kappa shape index (κ1) is 22.7. The molecule has 5 rings (SSSR count). The number of benzene rings is 2. The van der Waals surface area contributed by atoms with Gasteiger partial charge >= 0.3 is 0 Å². The van der Waals surface area contributed by atoms with Crippen molar-refractivity contribution in [3.63, 3.8) is 0 Å². The summed E-state index contributed by atoms with van der Waals surface area (Å²) in [7, 11) is 0. The van der Waals surface area contributed by atoms with Crippen LogP contribution < -0.4 is 10.2 Å². The van der Waals surface area contributed by atoms with Gasteiger partial charge in [0.1, 0.15) is 5.82 Å². The number of halogens is 2. The largest absolute Gasteiger partial charge is 0.378 e. The average molecular weight is 495 g/mol. The lowest BCUT2D eigenvalue weighted by atomic mass is 10.0. The molecule has 1 N–H and O–H groups in total. The van der Waals surface area contributed by atoms with Crippen molar-refractivity contribution in [2.45, 2.75) is 13.5 Å². The number of hydrogen-bond acceptors (Lipinski definition) is 4. The van der Waals surface area contributed by atoms with Crippen LogP contribution in [0.2, 0.25) is 10.0 Å². The molecule has 1 fully saturated rings. The molecule has 6 nitrogen and oxygen atoms in total. The second-order valence-electron chi connectivity index (χ2n) is 8.25. The number of aromatic nitrogens is 2. The number of fused-ring (bicyclic) bond motifs is 1. The van der Waals surface area contributed by atoms with Crippen molar-refractivity contribution in [2.75, 3.05) is 31.2 Å². The van der Waals surface area contributed by atoms with E-state index < -0.39 is 0 Å². The molecule has 4 aromatic rings. The number of ether oxygens (including phenoxy) is 1. The van der Waals surface area contributed by atoms with Crippen molar-refractivity contribution in [3.05, 3.63) is 87.5 Å². The molecular formula is C26H24Cl2N4O2. The van der Waals surface area contributed by atoms with Gasteiger partial charge in [-0.1, -0.05) is 53.5 Å². The normalized spacial score (nSPS) is 13.9. The van der Waals surface area contributed by atoms with Crippen molar-refractivity contribution in [1.29, 1.82) is 0 Å². The molecule has 8 heteroatoms. The number of anilines is 1. The quantitative estimate of drug-likeness (QED) is 0.404. The Bertz CT molecular complexity index is 1330. The number of rotatable bonds is 5. The van der Waals surface area contributed by atoms with Crippen molar-refractivity contribution < 1.29 is 9.53 Å². The Hall–Kier alpha value is -3.06. The molecule has 3 heterocycles. The van der Waals surface area contributed by atoms with Crippen LogP contribution in [-0.2, 0) is 11.3 Å². The highest BCUT2D eigenvalue weighted by molar-refractivity contribution is 6.35. The number of carbonyl (C=O) groups is 1. The standard InChI is InChI=1S/C26H24Cl2N4O2/c1-17-24(19-13-20(27)15-21(28)14-19)23-8-7-22(25(33)29-16-18-5-3-2-4-6-18)26(32(23)30-17)31-9-11-34-12-10-31/h2-8,13-15H,9-12,16H2,1H3,(H,29,33). The number of carbonyl (C=O) groups excluding carboxylic acids is 1. The van der Waals surface area contributed by atoms with Crippen LogP contribution in [0.5, 0.6) is 0 Å². The molecule has 1 aliphatic rings. The Morgan fingerprint density at radius 1 is 1.03 bits per heavy atom. The summed E-state index contributed by atoms with van der Waals surface area (Å²) in [6.45, 7) is 4.95. The number of nitrogens with zero attached hydrogens (tertiary/aromatic N) is 3. The van der Waals surface area contributed by atoms with E-state index in [1.54, 1.807) is 6.07 Å². The minimum Gasteiger partial charge on any atom is -0.378 e. The predicted molar refractivity (Wildman–Crippen MR) is 136 cm³/mol. The van der Waals surface area contributed by atoms with Crippen LogP contribution in [0.3, 0.4) is 0 Å². The first-order chi connectivity index (χ1) is 16.5. The van der Waals surface area contributed by atoms with Crippen LogP contribution in [0, 0.1) is 6.92 Å². The zero-order chi connectivity index (χ0) is 23.7. The Balaban J connectivity index is 1.61. The summed E-state index contributed by atoms with van der Waals surface area (Å²) in [6, 6.07) is 19.1. The monoisotopic (exact) mass is 494 g/mol. The molecule has 1 saturated heterocycles. The fourth-order valence-corrected chi connectivity index (χ4v) is 4.92. The van der Waals surface area contributed by atoms with Crippen molar-refractivity contribution in [2.24, 2.45) is 0 Å². The summed E-state index contributed by atoms with van der Waals surface area (Å²) in [5.41, 5.74) is 5.16. The minimum absolute atomic E-state index is 0.146. The topological polar surface area (TPSA) is 58.9 Å². The van der Waals surface area contributed by atoms with Crippen LogP contribution in [0.15, 0.2) is 60.7 Å². The Morgan fingerprint density at radius 2 is 1.74 bits per heavy atom. The summed E-state index contributed by atoms with van der Waals surface area (Å²) >= 11 is 12.6. The lowest BCUT2D eigenvalue weighted by molar-refractivity contribution is 0.0948. The fourth-order valence-electron chi connectivity index (χ4n) is 4.40. The number of aryl methyl sites for hydroxylation is 1. The van der Waals surface area contributed by atoms with Crippen LogP contribution in [0.4, 0.5) is 5.82 Å². The summed E-state index contributed by atoms with van der Waals surface area (Å²) < 4.78 is 7.43. The van der Waals surface area contributed by atoms with E-state index in [1.165, 1.54) is 0 Å². The van der Waals surface area contributed by atoms with Gasteiger partial charge in [0.05, 0.1) is 30.0 Å². The van der Waals surface area contributed by atoms with Gasteiger partial charge in [-0.05, 0) is 48.4 Å². The SMILES string of the molecule is Cc1nn2c(N3CCOCC3)c(C(=O)NCc3ccccc3)ccc2c1-c1cc(Cl)cc(Cl)c1. The fraction of sp³-hybridized carbons (Fsp3) is 0.231. The van der Waals surface area contributed by atoms with E-state index in [1.807, 2.05) is 66.0 Å². The maximum Gasteiger partial charge on any atom is 0.255 e. The zero-order valence-electron chi connectivity index (χ0n) is 18.7. The van der Waals surface area contributed by atoms with Crippen LogP contribution in [-0.4, -0.2) is 41.8 Å². The number of hydrogen-bond donors (Lipinski definition) is 1. The zero-order valence-corrected chi connectivity index (χ0v) is 20.2. The van der Waals surface area contributed by atoms with Crippen molar-refractivity contribution in [1.82, 2.24) is 14.9 Å².